The molecule has 0 radical (unpaired) electrons. The van der Waals surface area contributed by atoms with Crippen LogP contribution in [-0.4, -0.2) is 27.7 Å². The number of rotatable bonds is 6. The van der Waals surface area contributed by atoms with E-state index in [4.69, 9.17) is 4.74 Å². The van der Waals surface area contributed by atoms with E-state index in [-0.39, 0.29) is 17.7 Å². The van der Waals surface area contributed by atoms with Gasteiger partial charge in [0.1, 0.15) is 17.4 Å². The van der Waals surface area contributed by atoms with E-state index in [2.05, 4.69) is 15.5 Å². The number of aromatic nitrogens is 2. The number of imidazole rings is 1. The number of nitrogens with zero attached hydrogens (tertiary/aromatic N) is 3. The number of hydrogen-bond acceptors (Lipinski definition) is 4. The Balaban J connectivity index is 1.80. The summed E-state index contributed by atoms with van der Waals surface area (Å²) in [4.78, 5) is 8.66. The van der Waals surface area contributed by atoms with Crippen LogP contribution in [0.2, 0.25) is 0 Å². The lowest BCUT2D eigenvalue weighted by Gasteiger charge is -2.10. The predicted octanol–water partition coefficient (Wildman–Crippen LogP) is 4.48. The van der Waals surface area contributed by atoms with Gasteiger partial charge in [-0.05, 0) is 55.3 Å². The van der Waals surface area contributed by atoms with Gasteiger partial charge in [-0.25, -0.2) is 9.37 Å². The van der Waals surface area contributed by atoms with Crippen molar-refractivity contribution < 1.29 is 14.3 Å². The fraction of sp³-hybridized carbons (Fsp3) is 0.182. The number of hydroxylamine groups is 1. The van der Waals surface area contributed by atoms with E-state index in [1.165, 1.54) is 12.1 Å². The molecule has 0 aliphatic carbocycles. The first-order valence-electron chi connectivity index (χ1n) is 9.10. The number of benzene rings is 2. The summed E-state index contributed by atoms with van der Waals surface area (Å²) in [7, 11) is 1.61. The normalized spacial score (nSPS) is 12.9. The number of hydrogen-bond donors (Lipinski definition) is 2. The lowest BCUT2D eigenvalue weighted by atomic mass is 10.1. The van der Waals surface area contributed by atoms with Crippen molar-refractivity contribution in [1.82, 2.24) is 15.0 Å². The van der Waals surface area contributed by atoms with Gasteiger partial charge in [0.05, 0.1) is 30.9 Å². The van der Waals surface area contributed by atoms with Crippen molar-refractivity contribution in [2.75, 3.05) is 7.11 Å². The van der Waals surface area contributed by atoms with E-state index in [9.17, 15) is 9.60 Å². The van der Waals surface area contributed by atoms with Gasteiger partial charge in [0, 0.05) is 6.20 Å². The number of aryl methyl sites for hydroxylation is 1. The zero-order valence-corrected chi connectivity index (χ0v) is 16.5. The van der Waals surface area contributed by atoms with Crippen LogP contribution in [0.25, 0.3) is 11.8 Å². The summed E-state index contributed by atoms with van der Waals surface area (Å²) in [6.07, 6.45) is 7.13. The maximum atomic E-state index is 13.1. The topological polar surface area (TPSA) is 71.7 Å². The average molecular weight is 394 g/mol. The van der Waals surface area contributed by atoms with Crippen LogP contribution in [0.1, 0.15) is 29.8 Å². The second kappa shape index (κ2) is 9.16. The molecule has 3 rings (SSSR count). The van der Waals surface area contributed by atoms with Crippen molar-refractivity contribution in [2.24, 2.45) is 4.99 Å². The Kier molecular flexibility index (Phi) is 6.41. The summed E-state index contributed by atoms with van der Waals surface area (Å²) < 4.78 is 20.5. The summed E-state index contributed by atoms with van der Waals surface area (Å²) >= 11 is 0. The molecule has 0 saturated carbocycles. The molecule has 29 heavy (non-hydrogen) atoms. The molecular weight excluding hydrogens is 371 g/mol. The molecule has 1 unspecified atom stereocenters. The molecule has 2 aromatic carbocycles. The highest BCUT2D eigenvalue weighted by atomic mass is 19.1. The molecule has 150 valence electrons. The highest BCUT2D eigenvalue weighted by Crippen LogP contribution is 2.25. The van der Waals surface area contributed by atoms with Crippen molar-refractivity contribution in [3.05, 3.63) is 83.7 Å². The summed E-state index contributed by atoms with van der Waals surface area (Å²) in [5.41, 5.74) is 5.61. The van der Waals surface area contributed by atoms with E-state index in [1.54, 1.807) is 31.6 Å². The third kappa shape index (κ3) is 5.08. The second-order valence-electron chi connectivity index (χ2n) is 6.54. The minimum Gasteiger partial charge on any atom is -0.495 e. The van der Waals surface area contributed by atoms with Crippen LogP contribution in [0.5, 0.6) is 5.75 Å². The van der Waals surface area contributed by atoms with Crippen LogP contribution in [0.4, 0.5) is 4.39 Å². The largest absolute Gasteiger partial charge is 0.495 e. The maximum Gasteiger partial charge on any atom is 0.145 e. The number of halogens is 1. The Morgan fingerprint density at radius 3 is 2.66 bits per heavy atom. The molecule has 0 aliphatic heterocycles. The third-order valence-corrected chi connectivity index (χ3v) is 4.43. The quantitative estimate of drug-likeness (QED) is 0.367. The molecule has 2 N–H and O–H groups in total. The molecule has 1 heterocycles. The fourth-order valence-corrected chi connectivity index (χ4v) is 2.87. The Morgan fingerprint density at radius 2 is 2.03 bits per heavy atom. The number of nitrogens with one attached hydrogen (secondary N) is 1. The molecule has 3 aromatic rings. The molecule has 0 saturated heterocycles. The second-order valence-corrected chi connectivity index (χ2v) is 6.54. The van der Waals surface area contributed by atoms with Crippen LogP contribution in [0.3, 0.4) is 0 Å². The van der Waals surface area contributed by atoms with Gasteiger partial charge in [-0.3, -0.25) is 15.7 Å². The third-order valence-electron chi connectivity index (χ3n) is 4.43. The highest BCUT2D eigenvalue weighted by molar-refractivity contribution is 5.95. The van der Waals surface area contributed by atoms with Gasteiger partial charge in [-0.15, -0.1) is 0 Å². The van der Waals surface area contributed by atoms with E-state index < -0.39 is 0 Å². The van der Waals surface area contributed by atoms with Gasteiger partial charge in [0.25, 0.3) is 0 Å². The number of ether oxygens (including phenoxy) is 1. The minimum absolute atomic E-state index is 0.253. The summed E-state index contributed by atoms with van der Waals surface area (Å²) in [5.74, 6) is 0.684. The maximum absolute atomic E-state index is 13.1. The van der Waals surface area contributed by atoms with Gasteiger partial charge in [0.15, 0.2) is 0 Å². The van der Waals surface area contributed by atoms with Crippen LogP contribution in [0, 0.1) is 12.7 Å². The Hall–Kier alpha value is -3.45. The lowest BCUT2D eigenvalue weighted by Crippen LogP contribution is -2.17. The molecule has 0 amide bonds. The smallest absolute Gasteiger partial charge is 0.145 e. The van der Waals surface area contributed by atoms with Crippen LogP contribution < -0.4 is 10.2 Å². The van der Waals surface area contributed by atoms with Crippen molar-refractivity contribution in [1.29, 1.82) is 0 Å². The summed E-state index contributed by atoms with van der Waals surface area (Å²) in [5, 5.41) is 9.41. The zero-order valence-electron chi connectivity index (χ0n) is 16.5. The SMILES string of the molecule is COc1cc(/C=C/C(=NC(C)c2ccc(F)cc2)NO)ccc1-n1cnc(C)c1. The summed E-state index contributed by atoms with van der Waals surface area (Å²) in [6, 6.07) is 11.6. The minimum atomic E-state index is -0.298. The average Bonchev–Trinajstić information content (AvgIpc) is 3.17. The molecular formula is C22H23FN4O2. The molecule has 0 aliphatic rings. The Morgan fingerprint density at radius 1 is 1.28 bits per heavy atom. The first-order chi connectivity index (χ1) is 14.0. The predicted molar refractivity (Wildman–Crippen MR) is 111 cm³/mol. The molecule has 0 bridgehead atoms. The van der Waals surface area contributed by atoms with Crippen molar-refractivity contribution in [3.63, 3.8) is 0 Å². The molecule has 0 spiro atoms. The van der Waals surface area contributed by atoms with Crippen LogP contribution in [-0.2, 0) is 0 Å². The van der Waals surface area contributed by atoms with Gasteiger partial charge < -0.3 is 9.30 Å². The highest BCUT2D eigenvalue weighted by Gasteiger charge is 2.07. The molecule has 0 fully saturated rings. The van der Waals surface area contributed by atoms with E-state index in [0.29, 0.717) is 5.75 Å². The van der Waals surface area contributed by atoms with E-state index in [0.717, 1.165) is 22.5 Å². The van der Waals surface area contributed by atoms with Crippen LogP contribution in [0.15, 0.2) is 66.1 Å². The first kappa shape index (κ1) is 20.3. The molecule has 6 nitrogen and oxygen atoms in total. The van der Waals surface area contributed by atoms with Gasteiger partial charge >= 0.3 is 0 Å². The Labute approximate surface area is 169 Å². The lowest BCUT2D eigenvalue weighted by molar-refractivity contribution is 0.235. The van der Waals surface area contributed by atoms with E-state index in [1.807, 2.05) is 48.9 Å². The number of methoxy groups -OCH3 is 1. The number of amidine groups is 1. The van der Waals surface area contributed by atoms with Crippen LogP contribution >= 0.6 is 0 Å². The molecule has 1 aromatic heterocycles. The molecule has 7 heteroatoms. The standard InChI is InChI=1S/C22H23FN4O2/c1-15-13-27(14-24-15)20-10-4-17(12-21(20)29-3)5-11-22(26-28)25-16(2)18-6-8-19(23)9-7-18/h4-14,16,28H,1-3H3,(H,25,26)/b11-5+. The van der Waals surface area contributed by atoms with E-state index >= 15 is 0 Å². The Bertz CT molecular complexity index is 1030. The number of aliphatic imine (C=N–C) groups is 1. The fourth-order valence-electron chi connectivity index (χ4n) is 2.87. The summed E-state index contributed by atoms with van der Waals surface area (Å²) in [6.45, 7) is 3.79. The van der Waals surface area contributed by atoms with Gasteiger partial charge in [-0.1, -0.05) is 24.3 Å². The first-order valence-corrected chi connectivity index (χ1v) is 9.10. The van der Waals surface area contributed by atoms with Crippen molar-refractivity contribution >= 4 is 11.9 Å². The van der Waals surface area contributed by atoms with Gasteiger partial charge in [0.2, 0.25) is 0 Å². The van der Waals surface area contributed by atoms with Gasteiger partial charge in [-0.2, -0.15) is 0 Å². The van der Waals surface area contributed by atoms with Crippen molar-refractivity contribution in [2.45, 2.75) is 19.9 Å². The molecule has 1 atom stereocenters. The monoisotopic (exact) mass is 394 g/mol. The van der Waals surface area contributed by atoms with Crippen molar-refractivity contribution in [3.8, 4) is 11.4 Å². The zero-order chi connectivity index (χ0) is 20.8.